The molecular formula is C12H18S. The van der Waals surface area contributed by atoms with E-state index in [0.717, 1.165) is 11.8 Å². The monoisotopic (exact) mass is 194 g/mol. The molecule has 0 amide bonds. The van der Waals surface area contributed by atoms with Crippen molar-refractivity contribution in [2.45, 2.75) is 40.0 Å². The Morgan fingerprint density at radius 2 is 2.31 bits per heavy atom. The lowest BCUT2D eigenvalue weighted by Crippen LogP contribution is -2.10. The van der Waals surface area contributed by atoms with Gasteiger partial charge in [0.25, 0.3) is 0 Å². The molecule has 0 aliphatic heterocycles. The Morgan fingerprint density at radius 1 is 1.54 bits per heavy atom. The first-order valence-electron chi connectivity index (χ1n) is 5.29. The summed E-state index contributed by atoms with van der Waals surface area (Å²) in [5.74, 6) is 1.84. The van der Waals surface area contributed by atoms with Crippen molar-refractivity contribution in [3.8, 4) is 0 Å². The first-order valence-corrected chi connectivity index (χ1v) is 6.10. The van der Waals surface area contributed by atoms with Crippen LogP contribution in [0, 0.1) is 18.8 Å². The predicted molar refractivity (Wildman–Crippen MR) is 59.4 cm³/mol. The minimum atomic E-state index is 0.903. The summed E-state index contributed by atoms with van der Waals surface area (Å²) < 4.78 is 0. The minimum absolute atomic E-state index is 0.903. The molecule has 1 aliphatic carbocycles. The average Bonchev–Trinajstić information content (AvgIpc) is 2.59. The van der Waals surface area contributed by atoms with Gasteiger partial charge in [0.1, 0.15) is 0 Å². The van der Waals surface area contributed by atoms with Crippen LogP contribution in [0.5, 0.6) is 0 Å². The van der Waals surface area contributed by atoms with Crippen molar-refractivity contribution in [1.29, 1.82) is 0 Å². The summed E-state index contributed by atoms with van der Waals surface area (Å²) in [5, 5.41) is 0. The largest absolute Gasteiger partial charge is 0.145 e. The van der Waals surface area contributed by atoms with E-state index in [4.69, 9.17) is 0 Å². The molecule has 1 aliphatic rings. The Bertz CT molecular complexity index is 275. The summed E-state index contributed by atoms with van der Waals surface area (Å²) in [6.45, 7) is 6.93. The summed E-state index contributed by atoms with van der Waals surface area (Å²) in [6.07, 6.45) is 4.02. The molecule has 1 aromatic heterocycles. The van der Waals surface area contributed by atoms with Gasteiger partial charge in [0.2, 0.25) is 0 Å². The molecule has 0 radical (unpaired) electrons. The molecule has 0 nitrogen and oxygen atoms in total. The highest BCUT2D eigenvalue weighted by atomic mass is 32.1. The lowest BCUT2D eigenvalue weighted by Gasteiger charge is -2.16. The standard InChI is InChI=1S/C12H18S/c1-4-8(2)10-6-11-5-9(3)13-12(11)7-10/h5,8,10H,4,6-7H2,1-3H3. The Hall–Kier alpha value is -0.300. The van der Waals surface area contributed by atoms with Crippen LogP contribution in [0.25, 0.3) is 0 Å². The Balaban J connectivity index is 2.10. The minimum Gasteiger partial charge on any atom is -0.145 e. The topological polar surface area (TPSA) is 0 Å². The summed E-state index contributed by atoms with van der Waals surface area (Å²) in [7, 11) is 0. The molecular weight excluding hydrogens is 176 g/mol. The summed E-state index contributed by atoms with van der Waals surface area (Å²) in [6, 6.07) is 2.39. The fourth-order valence-electron chi connectivity index (χ4n) is 2.29. The van der Waals surface area contributed by atoms with Gasteiger partial charge in [-0.05, 0) is 43.2 Å². The molecule has 0 saturated heterocycles. The third-order valence-electron chi connectivity index (χ3n) is 3.40. The van der Waals surface area contributed by atoms with E-state index in [0.29, 0.717) is 0 Å². The maximum Gasteiger partial charge on any atom is 0.00831 e. The Kier molecular flexibility index (Phi) is 2.46. The molecule has 0 bridgehead atoms. The van der Waals surface area contributed by atoms with Crippen molar-refractivity contribution in [3.63, 3.8) is 0 Å². The number of thiophene rings is 1. The molecule has 0 fully saturated rings. The molecule has 0 N–H and O–H groups in total. The molecule has 2 unspecified atom stereocenters. The highest BCUT2D eigenvalue weighted by molar-refractivity contribution is 7.12. The molecule has 2 rings (SSSR count). The molecule has 0 spiro atoms. The number of rotatable bonds is 2. The maximum atomic E-state index is 2.40. The van der Waals surface area contributed by atoms with Crippen LogP contribution in [0.2, 0.25) is 0 Å². The van der Waals surface area contributed by atoms with Crippen LogP contribution < -0.4 is 0 Å². The lowest BCUT2D eigenvalue weighted by molar-refractivity contribution is 0.364. The molecule has 1 heteroatoms. The van der Waals surface area contributed by atoms with Crippen molar-refractivity contribution < 1.29 is 0 Å². The summed E-state index contributed by atoms with van der Waals surface area (Å²) in [4.78, 5) is 3.16. The van der Waals surface area contributed by atoms with Crippen LogP contribution in [-0.2, 0) is 12.8 Å². The maximum absolute atomic E-state index is 2.40. The van der Waals surface area contributed by atoms with E-state index in [1.54, 1.807) is 10.4 Å². The fourth-order valence-corrected chi connectivity index (χ4v) is 3.45. The van der Waals surface area contributed by atoms with E-state index < -0.39 is 0 Å². The normalized spacial score (nSPS) is 23.2. The zero-order valence-electron chi connectivity index (χ0n) is 8.76. The predicted octanol–water partition coefficient (Wildman–Crippen LogP) is 3.82. The second-order valence-electron chi connectivity index (χ2n) is 4.36. The van der Waals surface area contributed by atoms with Crippen LogP contribution in [0.15, 0.2) is 6.07 Å². The van der Waals surface area contributed by atoms with Crippen LogP contribution in [0.4, 0.5) is 0 Å². The number of aryl methyl sites for hydroxylation is 1. The number of hydrogen-bond donors (Lipinski definition) is 0. The van der Waals surface area contributed by atoms with Crippen molar-refractivity contribution in [2.24, 2.45) is 11.8 Å². The van der Waals surface area contributed by atoms with Crippen molar-refractivity contribution in [2.75, 3.05) is 0 Å². The molecule has 1 aromatic rings. The molecule has 2 atom stereocenters. The van der Waals surface area contributed by atoms with E-state index in [1.165, 1.54) is 24.1 Å². The first kappa shape index (κ1) is 9.26. The van der Waals surface area contributed by atoms with Crippen molar-refractivity contribution in [1.82, 2.24) is 0 Å². The van der Waals surface area contributed by atoms with Gasteiger partial charge in [-0.25, -0.2) is 0 Å². The summed E-state index contributed by atoms with van der Waals surface area (Å²) >= 11 is 2.01. The van der Waals surface area contributed by atoms with Gasteiger partial charge < -0.3 is 0 Å². The van der Waals surface area contributed by atoms with Gasteiger partial charge in [0.15, 0.2) is 0 Å². The Labute approximate surface area is 85.0 Å². The molecule has 13 heavy (non-hydrogen) atoms. The van der Waals surface area contributed by atoms with Gasteiger partial charge in [-0.3, -0.25) is 0 Å². The van der Waals surface area contributed by atoms with E-state index in [1.807, 2.05) is 11.3 Å². The molecule has 72 valence electrons. The zero-order chi connectivity index (χ0) is 9.42. The van der Waals surface area contributed by atoms with Crippen LogP contribution >= 0.6 is 11.3 Å². The van der Waals surface area contributed by atoms with E-state index in [9.17, 15) is 0 Å². The second kappa shape index (κ2) is 3.45. The number of hydrogen-bond acceptors (Lipinski definition) is 1. The molecule has 0 aromatic carbocycles. The number of fused-ring (bicyclic) bond motifs is 1. The van der Waals surface area contributed by atoms with Gasteiger partial charge >= 0.3 is 0 Å². The van der Waals surface area contributed by atoms with Crippen LogP contribution in [0.1, 0.15) is 35.6 Å². The lowest BCUT2D eigenvalue weighted by atomic mass is 9.90. The Morgan fingerprint density at radius 3 is 2.92 bits per heavy atom. The van der Waals surface area contributed by atoms with E-state index in [-0.39, 0.29) is 0 Å². The highest BCUT2D eigenvalue weighted by Gasteiger charge is 2.26. The van der Waals surface area contributed by atoms with Gasteiger partial charge in [-0.2, -0.15) is 0 Å². The quantitative estimate of drug-likeness (QED) is 0.671. The second-order valence-corrected chi connectivity index (χ2v) is 5.70. The van der Waals surface area contributed by atoms with Gasteiger partial charge in [-0.1, -0.05) is 20.3 Å². The first-order chi connectivity index (χ1) is 6.20. The third kappa shape index (κ3) is 1.67. The zero-order valence-corrected chi connectivity index (χ0v) is 9.58. The van der Waals surface area contributed by atoms with E-state index in [2.05, 4.69) is 26.8 Å². The fraction of sp³-hybridized carbons (Fsp3) is 0.667. The van der Waals surface area contributed by atoms with Crippen LogP contribution in [0.3, 0.4) is 0 Å². The highest BCUT2D eigenvalue weighted by Crippen LogP contribution is 2.37. The van der Waals surface area contributed by atoms with Crippen LogP contribution in [-0.4, -0.2) is 0 Å². The van der Waals surface area contributed by atoms with E-state index >= 15 is 0 Å². The van der Waals surface area contributed by atoms with Gasteiger partial charge in [0.05, 0.1) is 0 Å². The smallest absolute Gasteiger partial charge is 0.00831 e. The molecule has 0 saturated carbocycles. The third-order valence-corrected chi connectivity index (χ3v) is 4.51. The SMILES string of the molecule is CCC(C)C1Cc2cc(C)sc2C1. The average molecular weight is 194 g/mol. The van der Waals surface area contributed by atoms with Gasteiger partial charge in [0, 0.05) is 9.75 Å². The summed E-state index contributed by atoms with van der Waals surface area (Å²) in [5.41, 5.74) is 1.65. The van der Waals surface area contributed by atoms with Crippen molar-refractivity contribution >= 4 is 11.3 Å². The van der Waals surface area contributed by atoms with Crippen molar-refractivity contribution in [3.05, 3.63) is 21.4 Å². The molecule has 1 heterocycles. The van der Waals surface area contributed by atoms with Gasteiger partial charge in [-0.15, -0.1) is 11.3 Å².